The van der Waals surface area contributed by atoms with Gasteiger partial charge in [-0.1, -0.05) is 24.5 Å². The van der Waals surface area contributed by atoms with E-state index in [9.17, 15) is 13.2 Å². The maximum atomic E-state index is 12.7. The van der Waals surface area contributed by atoms with Crippen molar-refractivity contribution in [2.45, 2.75) is 30.2 Å². The van der Waals surface area contributed by atoms with Crippen molar-refractivity contribution in [3.8, 4) is 18.0 Å². The predicted molar refractivity (Wildman–Crippen MR) is 103 cm³/mol. The number of anilines is 1. The Morgan fingerprint density at radius 3 is 2.89 bits per heavy atom. The van der Waals surface area contributed by atoms with E-state index in [1.807, 2.05) is 4.90 Å². The number of hydrogen-bond acceptors (Lipinski definition) is 5. The van der Waals surface area contributed by atoms with Gasteiger partial charge in [0.2, 0.25) is 5.91 Å². The van der Waals surface area contributed by atoms with Crippen LogP contribution in [0.15, 0.2) is 41.6 Å². The summed E-state index contributed by atoms with van der Waals surface area (Å²) >= 11 is 0. The number of likely N-dealkylation sites (tertiary alicyclic amines) is 1. The molecule has 1 aliphatic heterocycles. The van der Waals surface area contributed by atoms with Gasteiger partial charge in [0.25, 0.3) is 0 Å². The van der Waals surface area contributed by atoms with Gasteiger partial charge < -0.3 is 5.32 Å². The van der Waals surface area contributed by atoms with E-state index in [1.54, 1.807) is 24.4 Å². The van der Waals surface area contributed by atoms with Crippen LogP contribution in [0.4, 0.5) is 5.69 Å². The molecule has 1 aliphatic rings. The molecule has 2 heterocycles. The molecule has 1 unspecified atom stereocenters. The highest BCUT2D eigenvalue weighted by atomic mass is 32.2. The molecule has 3 rings (SSSR count). The Hall–Kier alpha value is -2.63. The Labute approximate surface area is 159 Å². The standard InChI is InChI=1S/C19H22N4O3S/c1-3-11-22-12-7-6-9-17(22)19(24)21-15-13-20-23(14-15)16-8-4-5-10-18(16)27(2,25)26/h1,4-5,8,10,13-14,17H,6-7,9,11-12H2,2H3,(H,21,24). The van der Waals surface area contributed by atoms with Crippen LogP contribution in [-0.4, -0.2) is 54.4 Å². The fourth-order valence-corrected chi connectivity index (χ4v) is 4.17. The summed E-state index contributed by atoms with van der Waals surface area (Å²) in [4.78, 5) is 14.9. The van der Waals surface area contributed by atoms with Crippen molar-refractivity contribution in [1.29, 1.82) is 0 Å². The van der Waals surface area contributed by atoms with E-state index in [0.717, 1.165) is 32.1 Å². The zero-order valence-corrected chi connectivity index (χ0v) is 15.9. The van der Waals surface area contributed by atoms with E-state index in [0.29, 0.717) is 17.9 Å². The topological polar surface area (TPSA) is 84.3 Å². The Morgan fingerprint density at radius 2 is 2.15 bits per heavy atom. The molecule has 8 heteroatoms. The number of aromatic nitrogens is 2. The summed E-state index contributed by atoms with van der Waals surface area (Å²) in [6.45, 7) is 1.25. The van der Waals surface area contributed by atoms with E-state index >= 15 is 0 Å². The number of amides is 1. The number of nitrogens with one attached hydrogen (secondary N) is 1. The minimum Gasteiger partial charge on any atom is -0.322 e. The lowest BCUT2D eigenvalue weighted by Crippen LogP contribution is -2.47. The number of carbonyl (C=O) groups is 1. The number of para-hydroxylation sites is 1. The molecule has 1 saturated heterocycles. The normalized spacial score (nSPS) is 18.0. The first-order valence-corrected chi connectivity index (χ1v) is 10.6. The van der Waals surface area contributed by atoms with Gasteiger partial charge in [0, 0.05) is 6.26 Å². The van der Waals surface area contributed by atoms with E-state index < -0.39 is 9.84 Å². The van der Waals surface area contributed by atoms with Crippen molar-refractivity contribution in [3.63, 3.8) is 0 Å². The molecule has 1 aromatic carbocycles. The van der Waals surface area contributed by atoms with Crippen LogP contribution in [0.5, 0.6) is 0 Å². The van der Waals surface area contributed by atoms with Crippen LogP contribution >= 0.6 is 0 Å². The third-order valence-corrected chi connectivity index (χ3v) is 5.72. The minimum absolute atomic E-state index is 0.124. The van der Waals surface area contributed by atoms with Gasteiger partial charge >= 0.3 is 0 Å². The van der Waals surface area contributed by atoms with Crippen LogP contribution < -0.4 is 5.32 Å². The molecule has 1 fully saturated rings. The lowest BCUT2D eigenvalue weighted by molar-refractivity contribution is -0.122. The average molecular weight is 386 g/mol. The largest absolute Gasteiger partial charge is 0.322 e. The van der Waals surface area contributed by atoms with Crippen molar-refractivity contribution < 1.29 is 13.2 Å². The van der Waals surface area contributed by atoms with Gasteiger partial charge in [-0.2, -0.15) is 5.10 Å². The summed E-state index contributed by atoms with van der Waals surface area (Å²) in [6.07, 6.45) is 12.5. The van der Waals surface area contributed by atoms with Crippen LogP contribution in [0, 0.1) is 12.3 Å². The van der Waals surface area contributed by atoms with E-state index in [1.165, 1.54) is 16.9 Å². The Morgan fingerprint density at radius 1 is 1.37 bits per heavy atom. The summed E-state index contributed by atoms with van der Waals surface area (Å²) in [6, 6.07) is 6.34. The van der Waals surface area contributed by atoms with E-state index in [-0.39, 0.29) is 16.8 Å². The number of piperidine rings is 1. The fraction of sp³-hybridized carbons (Fsp3) is 0.368. The first kappa shape index (κ1) is 19.1. The first-order chi connectivity index (χ1) is 12.9. The van der Waals surface area contributed by atoms with Crippen LogP contribution in [0.3, 0.4) is 0 Å². The van der Waals surface area contributed by atoms with Gasteiger partial charge in [-0.3, -0.25) is 9.69 Å². The second kappa shape index (κ2) is 7.94. The van der Waals surface area contributed by atoms with Crippen LogP contribution in [0.25, 0.3) is 5.69 Å². The minimum atomic E-state index is -3.40. The monoisotopic (exact) mass is 386 g/mol. The molecule has 1 atom stereocenters. The zero-order chi connectivity index (χ0) is 19.4. The molecule has 0 radical (unpaired) electrons. The van der Waals surface area contributed by atoms with Crippen molar-refractivity contribution in [1.82, 2.24) is 14.7 Å². The third kappa shape index (κ3) is 4.38. The summed E-state index contributed by atoms with van der Waals surface area (Å²) in [5, 5.41) is 7.07. The van der Waals surface area contributed by atoms with Gasteiger partial charge in [-0.05, 0) is 31.5 Å². The van der Waals surface area contributed by atoms with Crippen molar-refractivity contribution in [2.24, 2.45) is 0 Å². The van der Waals surface area contributed by atoms with Crippen molar-refractivity contribution in [2.75, 3.05) is 24.7 Å². The van der Waals surface area contributed by atoms with Gasteiger partial charge in [-0.25, -0.2) is 13.1 Å². The van der Waals surface area contributed by atoms with E-state index in [4.69, 9.17) is 6.42 Å². The highest BCUT2D eigenvalue weighted by Crippen LogP contribution is 2.22. The smallest absolute Gasteiger partial charge is 0.241 e. The molecule has 1 amide bonds. The first-order valence-electron chi connectivity index (χ1n) is 8.72. The Balaban J connectivity index is 1.79. The molecule has 0 aliphatic carbocycles. The second-order valence-electron chi connectivity index (χ2n) is 6.59. The van der Waals surface area contributed by atoms with Crippen molar-refractivity contribution in [3.05, 3.63) is 36.7 Å². The molecule has 0 saturated carbocycles. The molecule has 0 bridgehead atoms. The predicted octanol–water partition coefficient (Wildman–Crippen LogP) is 1.70. The lowest BCUT2D eigenvalue weighted by Gasteiger charge is -2.32. The molecule has 0 spiro atoms. The summed E-state index contributed by atoms with van der Waals surface area (Å²) < 4.78 is 25.4. The molecule has 1 N–H and O–H groups in total. The summed E-state index contributed by atoms with van der Waals surface area (Å²) in [7, 11) is -3.40. The van der Waals surface area contributed by atoms with Gasteiger partial charge in [0.15, 0.2) is 9.84 Å². The molecule has 142 valence electrons. The van der Waals surface area contributed by atoms with E-state index in [2.05, 4.69) is 16.3 Å². The van der Waals surface area contributed by atoms with Crippen molar-refractivity contribution >= 4 is 21.4 Å². The Bertz CT molecular complexity index is 975. The SMILES string of the molecule is C#CCN1CCCCC1C(=O)Nc1cnn(-c2ccccc2S(C)(=O)=O)c1. The number of hydrogen-bond donors (Lipinski definition) is 1. The highest BCUT2D eigenvalue weighted by molar-refractivity contribution is 7.90. The Kier molecular flexibility index (Phi) is 5.63. The number of benzene rings is 1. The second-order valence-corrected chi connectivity index (χ2v) is 8.57. The molecular weight excluding hydrogens is 364 g/mol. The maximum Gasteiger partial charge on any atom is 0.241 e. The van der Waals surface area contributed by atoms with Crippen LogP contribution in [0.2, 0.25) is 0 Å². The summed E-state index contributed by atoms with van der Waals surface area (Å²) in [5.41, 5.74) is 0.946. The average Bonchev–Trinajstić information content (AvgIpc) is 3.10. The summed E-state index contributed by atoms with van der Waals surface area (Å²) in [5.74, 6) is 2.48. The maximum absolute atomic E-state index is 12.7. The highest BCUT2D eigenvalue weighted by Gasteiger charge is 2.28. The number of nitrogens with zero attached hydrogens (tertiary/aromatic N) is 3. The number of carbonyl (C=O) groups excluding carboxylic acids is 1. The quantitative estimate of drug-likeness (QED) is 0.791. The van der Waals surface area contributed by atoms with Crippen LogP contribution in [0.1, 0.15) is 19.3 Å². The van der Waals surface area contributed by atoms with Gasteiger partial charge in [0.05, 0.1) is 41.3 Å². The molecule has 2 aromatic rings. The molecular formula is C19H22N4O3S. The fourth-order valence-electron chi connectivity index (χ4n) is 3.30. The zero-order valence-electron chi connectivity index (χ0n) is 15.1. The molecule has 7 nitrogen and oxygen atoms in total. The van der Waals surface area contributed by atoms with Crippen LogP contribution in [-0.2, 0) is 14.6 Å². The van der Waals surface area contributed by atoms with Gasteiger partial charge in [-0.15, -0.1) is 6.42 Å². The number of terminal acetylenes is 1. The number of sulfone groups is 1. The lowest BCUT2D eigenvalue weighted by atomic mass is 10.0. The third-order valence-electron chi connectivity index (χ3n) is 4.57. The van der Waals surface area contributed by atoms with Gasteiger partial charge in [0.1, 0.15) is 0 Å². The number of rotatable bonds is 5. The molecule has 1 aromatic heterocycles. The molecule has 27 heavy (non-hydrogen) atoms.